The number of likely N-dealkylation sites (N-methyl/N-ethyl adjacent to an activating group) is 1. The van der Waals surface area contributed by atoms with Crippen molar-refractivity contribution in [2.45, 2.75) is 53.2 Å². The van der Waals surface area contributed by atoms with E-state index in [0.29, 0.717) is 0 Å². The summed E-state index contributed by atoms with van der Waals surface area (Å²) in [6.45, 7) is 12.6. The second-order valence-electron chi connectivity index (χ2n) is 6.12. The van der Waals surface area contributed by atoms with Crippen LogP contribution in [0.2, 0.25) is 0 Å². The van der Waals surface area contributed by atoms with Gasteiger partial charge in [-0.15, -0.1) is 0 Å². The van der Waals surface area contributed by atoms with Crippen molar-refractivity contribution in [1.82, 2.24) is 10.6 Å². The summed E-state index contributed by atoms with van der Waals surface area (Å²) in [4.78, 5) is 11.6. The lowest BCUT2D eigenvalue weighted by Gasteiger charge is -2.32. The van der Waals surface area contributed by atoms with Gasteiger partial charge in [-0.2, -0.15) is 0 Å². The van der Waals surface area contributed by atoms with Gasteiger partial charge in [0.25, 0.3) is 0 Å². The highest BCUT2D eigenvalue weighted by Gasteiger charge is 2.27. The van der Waals surface area contributed by atoms with Crippen LogP contribution in [0, 0.1) is 5.41 Å². The first kappa shape index (κ1) is 15.2. The van der Waals surface area contributed by atoms with Gasteiger partial charge < -0.3 is 15.4 Å². The number of rotatable bonds is 3. The topological polar surface area (TPSA) is 50.4 Å². The fourth-order valence-electron chi connectivity index (χ4n) is 1.23. The van der Waals surface area contributed by atoms with E-state index in [0.717, 1.165) is 6.54 Å². The van der Waals surface area contributed by atoms with Crippen LogP contribution in [0.4, 0.5) is 4.79 Å². The van der Waals surface area contributed by atoms with Gasteiger partial charge >= 0.3 is 6.09 Å². The Balaban J connectivity index is 4.36. The molecule has 4 nitrogen and oxygen atoms in total. The highest BCUT2D eigenvalue weighted by atomic mass is 16.6. The van der Waals surface area contributed by atoms with E-state index in [2.05, 4.69) is 31.4 Å². The highest BCUT2D eigenvalue weighted by molar-refractivity contribution is 5.68. The molecule has 0 unspecified atom stereocenters. The van der Waals surface area contributed by atoms with Crippen LogP contribution in [-0.4, -0.2) is 31.3 Å². The van der Waals surface area contributed by atoms with Crippen molar-refractivity contribution in [3.8, 4) is 0 Å². The molecule has 0 fully saturated rings. The van der Waals surface area contributed by atoms with Crippen molar-refractivity contribution in [2.24, 2.45) is 5.41 Å². The van der Waals surface area contributed by atoms with E-state index in [4.69, 9.17) is 4.74 Å². The average Bonchev–Trinajstić information content (AvgIpc) is 1.97. The first-order valence-corrected chi connectivity index (χ1v) is 5.70. The molecule has 0 aromatic carbocycles. The zero-order valence-corrected chi connectivity index (χ0v) is 11.6. The van der Waals surface area contributed by atoms with Crippen LogP contribution < -0.4 is 10.6 Å². The van der Waals surface area contributed by atoms with Crippen LogP contribution in [0.1, 0.15) is 41.5 Å². The van der Waals surface area contributed by atoms with E-state index in [1.165, 1.54) is 0 Å². The summed E-state index contributed by atoms with van der Waals surface area (Å²) in [6.07, 6.45) is -0.359. The fourth-order valence-corrected chi connectivity index (χ4v) is 1.23. The Morgan fingerprint density at radius 1 is 1.19 bits per heavy atom. The molecule has 0 radical (unpaired) electrons. The molecule has 0 spiro atoms. The predicted octanol–water partition coefficient (Wildman–Crippen LogP) is 2.15. The van der Waals surface area contributed by atoms with E-state index in [1.807, 2.05) is 27.8 Å². The predicted molar refractivity (Wildman–Crippen MR) is 66.5 cm³/mol. The molecule has 0 aliphatic heterocycles. The van der Waals surface area contributed by atoms with Gasteiger partial charge in [-0.3, -0.25) is 0 Å². The van der Waals surface area contributed by atoms with E-state index in [9.17, 15) is 4.79 Å². The molecule has 4 heteroatoms. The molecule has 0 saturated carbocycles. The van der Waals surface area contributed by atoms with Crippen LogP contribution in [-0.2, 0) is 4.74 Å². The summed E-state index contributed by atoms with van der Waals surface area (Å²) in [5, 5.41) is 5.96. The van der Waals surface area contributed by atoms with Gasteiger partial charge in [0.1, 0.15) is 5.60 Å². The maximum Gasteiger partial charge on any atom is 0.407 e. The molecule has 0 heterocycles. The largest absolute Gasteiger partial charge is 0.444 e. The number of ether oxygens (including phenoxy) is 1. The van der Waals surface area contributed by atoms with Gasteiger partial charge in [-0.05, 0) is 33.2 Å². The quantitative estimate of drug-likeness (QED) is 0.781. The second-order valence-corrected chi connectivity index (χ2v) is 6.12. The molecule has 0 rings (SSSR count). The molecule has 96 valence electrons. The highest BCUT2D eigenvalue weighted by Crippen LogP contribution is 2.19. The number of alkyl carbamates (subject to hydrolysis) is 1. The molecular formula is C12H26N2O2. The molecule has 0 saturated heterocycles. The Morgan fingerprint density at radius 2 is 1.69 bits per heavy atom. The first-order chi connectivity index (χ1) is 7.06. The van der Waals surface area contributed by atoms with Gasteiger partial charge in [-0.1, -0.05) is 20.8 Å². The molecule has 16 heavy (non-hydrogen) atoms. The molecular weight excluding hydrogens is 204 g/mol. The maximum atomic E-state index is 11.6. The maximum absolute atomic E-state index is 11.6. The lowest BCUT2D eigenvalue weighted by Crippen LogP contribution is -2.50. The molecule has 0 aromatic rings. The molecule has 1 atom stereocenters. The standard InChI is InChI=1S/C12H26N2O2/c1-11(2,3)9(8-13-7)14-10(15)16-12(4,5)6/h9,13H,8H2,1-7H3,(H,14,15)/t9-/m1/s1. The van der Waals surface area contributed by atoms with E-state index in [1.54, 1.807) is 0 Å². The number of carbonyl (C=O) groups excluding carboxylic acids is 1. The van der Waals surface area contributed by atoms with Crippen molar-refractivity contribution < 1.29 is 9.53 Å². The van der Waals surface area contributed by atoms with Gasteiger partial charge in [0.2, 0.25) is 0 Å². The van der Waals surface area contributed by atoms with E-state index < -0.39 is 5.60 Å². The van der Waals surface area contributed by atoms with Crippen molar-refractivity contribution in [2.75, 3.05) is 13.6 Å². The number of hydrogen-bond donors (Lipinski definition) is 2. The Morgan fingerprint density at radius 3 is 2.00 bits per heavy atom. The third-order valence-electron chi connectivity index (χ3n) is 2.14. The van der Waals surface area contributed by atoms with Crippen LogP contribution >= 0.6 is 0 Å². The average molecular weight is 230 g/mol. The Kier molecular flexibility index (Phi) is 5.26. The molecule has 0 bridgehead atoms. The molecule has 0 aromatic heterocycles. The summed E-state index contributed by atoms with van der Waals surface area (Å²) >= 11 is 0. The smallest absolute Gasteiger partial charge is 0.407 e. The third-order valence-corrected chi connectivity index (χ3v) is 2.14. The minimum absolute atomic E-state index is 0.0000850. The number of hydrogen-bond acceptors (Lipinski definition) is 3. The van der Waals surface area contributed by atoms with Crippen LogP contribution in [0.3, 0.4) is 0 Å². The summed E-state index contributed by atoms with van der Waals surface area (Å²) in [6, 6.07) is 0.0485. The SMILES string of the molecule is CNC[C@@H](NC(=O)OC(C)(C)C)C(C)(C)C. The van der Waals surface area contributed by atoms with Crippen molar-refractivity contribution in [3.05, 3.63) is 0 Å². The van der Waals surface area contributed by atoms with Crippen LogP contribution in [0.5, 0.6) is 0 Å². The van der Waals surface area contributed by atoms with Crippen molar-refractivity contribution in [1.29, 1.82) is 0 Å². The Bertz CT molecular complexity index is 226. The molecule has 0 aliphatic carbocycles. The van der Waals surface area contributed by atoms with Gasteiger partial charge in [0.15, 0.2) is 0 Å². The van der Waals surface area contributed by atoms with E-state index >= 15 is 0 Å². The van der Waals surface area contributed by atoms with Gasteiger partial charge in [-0.25, -0.2) is 4.79 Å². The Hall–Kier alpha value is -0.770. The monoisotopic (exact) mass is 230 g/mol. The van der Waals surface area contributed by atoms with Crippen molar-refractivity contribution in [3.63, 3.8) is 0 Å². The van der Waals surface area contributed by atoms with Gasteiger partial charge in [0, 0.05) is 12.6 Å². The van der Waals surface area contributed by atoms with Crippen LogP contribution in [0.25, 0.3) is 0 Å². The minimum Gasteiger partial charge on any atom is -0.444 e. The zero-order valence-electron chi connectivity index (χ0n) is 11.6. The third kappa shape index (κ3) is 6.67. The fraction of sp³-hybridized carbons (Fsp3) is 0.917. The zero-order chi connectivity index (χ0) is 13.0. The van der Waals surface area contributed by atoms with E-state index in [-0.39, 0.29) is 17.6 Å². The lowest BCUT2D eigenvalue weighted by atomic mass is 9.87. The lowest BCUT2D eigenvalue weighted by molar-refractivity contribution is 0.0464. The van der Waals surface area contributed by atoms with Crippen molar-refractivity contribution >= 4 is 6.09 Å². The number of carbonyl (C=O) groups is 1. The second kappa shape index (κ2) is 5.53. The first-order valence-electron chi connectivity index (χ1n) is 5.70. The molecule has 1 amide bonds. The molecule has 0 aliphatic rings. The van der Waals surface area contributed by atoms with Crippen LogP contribution in [0.15, 0.2) is 0 Å². The number of nitrogens with one attached hydrogen (secondary N) is 2. The minimum atomic E-state index is -0.452. The van der Waals surface area contributed by atoms with Gasteiger partial charge in [0.05, 0.1) is 0 Å². The summed E-state index contributed by atoms with van der Waals surface area (Å²) < 4.78 is 5.23. The Labute approximate surface area is 99.1 Å². The summed E-state index contributed by atoms with van der Waals surface area (Å²) in [5.41, 5.74) is -0.452. The molecule has 2 N–H and O–H groups in total. The summed E-state index contributed by atoms with van der Waals surface area (Å²) in [7, 11) is 1.87. The normalized spacial score (nSPS) is 14.4. The number of amides is 1. The summed E-state index contributed by atoms with van der Waals surface area (Å²) in [5.74, 6) is 0.